The summed E-state index contributed by atoms with van der Waals surface area (Å²) in [7, 11) is 1.53. The van der Waals surface area contributed by atoms with E-state index in [-0.39, 0.29) is 5.89 Å². The molecule has 0 atom stereocenters. The predicted molar refractivity (Wildman–Crippen MR) is 120 cm³/mol. The Balaban J connectivity index is 1.55. The van der Waals surface area contributed by atoms with Gasteiger partial charge in [-0.2, -0.15) is 0 Å². The third-order valence-corrected chi connectivity index (χ3v) is 4.91. The van der Waals surface area contributed by atoms with Crippen molar-refractivity contribution < 1.29 is 9.15 Å². The molecule has 0 unspecified atom stereocenters. The van der Waals surface area contributed by atoms with Crippen LogP contribution in [-0.2, 0) is 0 Å². The van der Waals surface area contributed by atoms with E-state index in [0.717, 1.165) is 5.56 Å². The van der Waals surface area contributed by atoms with Crippen LogP contribution >= 0.6 is 11.6 Å². The fourth-order valence-corrected chi connectivity index (χ4v) is 3.29. The molecule has 9 nitrogen and oxygen atoms in total. The van der Waals surface area contributed by atoms with Crippen LogP contribution in [0.15, 0.2) is 71.5 Å². The lowest BCUT2D eigenvalue weighted by Crippen LogP contribution is -2.01. The average molecular weight is 456 g/mol. The average Bonchev–Trinajstić information content (AvgIpc) is 3.51. The lowest BCUT2D eigenvalue weighted by Gasteiger charge is -2.09. The molecule has 0 saturated heterocycles. The minimum atomic E-state index is 0.125. The molecule has 4 aromatic heterocycles. The van der Waals surface area contributed by atoms with Gasteiger partial charge in [0.2, 0.25) is 17.6 Å². The van der Waals surface area contributed by atoms with Crippen molar-refractivity contribution in [1.82, 2.24) is 34.9 Å². The van der Waals surface area contributed by atoms with E-state index in [1.54, 1.807) is 41.4 Å². The SMILES string of the molecule is COc1cc(-c2nnc(C#Cc3nnc(-c4ccncc4)n3-c3ccccc3Cl)o2)ccn1. The molecular formula is C23H14ClN7O2. The van der Waals surface area contributed by atoms with Crippen LogP contribution in [0, 0.1) is 11.8 Å². The standard InChI is InChI=1S/C23H14ClN7O2/c1-32-21-14-16(10-13-26-21)23-30-28-20(33-23)7-6-19-27-29-22(15-8-11-25-12-9-15)31(19)18-5-3-2-4-17(18)24/h2-5,8-14H,1H3. The molecule has 33 heavy (non-hydrogen) atoms. The van der Waals surface area contributed by atoms with Gasteiger partial charge in [0.15, 0.2) is 5.82 Å². The van der Waals surface area contributed by atoms with Crippen molar-refractivity contribution >= 4 is 11.6 Å². The van der Waals surface area contributed by atoms with Crippen LogP contribution in [0.25, 0.3) is 28.5 Å². The first-order chi connectivity index (χ1) is 16.2. The molecule has 1 aromatic carbocycles. The second-order valence-electron chi connectivity index (χ2n) is 6.62. The first-order valence-electron chi connectivity index (χ1n) is 9.69. The van der Waals surface area contributed by atoms with Crippen molar-refractivity contribution in [3.05, 3.63) is 83.9 Å². The van der Waals surface area contributed by atoms with Crippen molar-refractivity contribution in [2.45, 2.75) is 0 Å². The summed E-state index contributed by atoms with van der Waals surface area (Å²) in [5, 5.41) is 17.2. The van der Waals surface area contributed by atoms with E-state index in [4.69, 9.17) is 20.8 Å². The number of methoxy groups -OCH3 is 1. The molecule has 0 radical (unpaired) electrons. The summed E-state index contributed by atoms with van der Waals surface area (Å²) in [6, 6.07) is 14.5. The number of halogens is 1. The highest BCUT2D eigenvalue weighted by molar-refractivity contribution is 6.32. The third-order valence-electron chi connectivity index (χ3n) is 4.59. The normalized spacial score (nSPS) is 10.5. The van der Waals surface area contributed by atoms with Crippen molar-refractivity contribution in [3.63, 3.8) is 0 Å². The van der Waals surface area contributed by atoms with Crippen molar-refractivity contribution in [2.24, 2.45) is 0 Å². The summed E-state index contributed by atoms with van der Waals surface area (Å²) >= 11 is 6.47. The van der Waals surface area contributed by atoms with Gasteiger partial charge in [-0.15, -0.1) is 15.3 Å². The predicted octanol–water partition coefficient (Wildman–Crippen LogP) is 3.84. The maximum atomic E-state index is 6.47. The van der Waals surface area contributed by atoms with Crippen LogP contribution < -0.4 is 4.74 Å². The van der Waals surface area contributed by atoms with Crippen LogP contribution in [0.5, 0.6) is 5.88 Å². The van der Waals surface area contributed by atoms with Crippen LogP contribution in [0.1, 0.15) is 11.7 Å². The molecule has 0 saturated carbocycles. The van der Waals surface area contributed by atoms with Gasteiger partial charge in [-0.25, -0.2) is 4.98 Å². The van der Waals surface area contributed by atoms with Crippen LogP contribution in [0.3, 0.4) is 0 Å². The van der Waals surface area contributed by atoms with Gasteiger partial charge in [-0.05, 0) is 36.3 Å². The Labute approximate surface area is 193 Å². The van der Waals surface area contributed by atoms with E-state index in [1.165, 1.54) is 7.11 Å². The molecule has 0 amide bonds. The summed E-state index contributed by atoms with van der Waals surface area (Å²) in [5.41, 5.74) is 2.18. The van der Waals surface area contributed by atoms with Gasteiger partial charge in [-0.3, -0.25) is 9.55 Å². The van der Waals surface area contributed by atoms with Crippen LogP contribution in [-0.4, -0.2) is 42.0 Å². The molecule has 0 bridgehead atoms. The number of para-hydroxylation sites is 1. The first-order valence-corrected chi connectivity index (χ1v) is 10.1. The van der Waals surface area contributed by atoms with E-state index >= 15 is 0 Å². The van der Waals surface area contributed by atoms with E-state index in [1.807, 2.05) is 30.3 Å². The minimum absolute atomic E-state index is 0.125. The molecule has 10 heteroatoms. The Bertz CT molecular complexity index is 1490. The molecule has 4 heterocycles. The molecule has 160 valence electrons. The van der Waals surface area contributed by atoms with Gasteiger partial charge in [-0.1, -0.05) is 28.8 Å². The van der Waals surface area contributed by atoms with Crippen LogP contribution in [0.4, 0.5) is 0 Å². The van der Waals surface area contributed by atoms with Gasteiger partial charge >= 0.3 is 0 Å². The van der Waals surface area contributed by atoms with E-state index in [9.17, 15) is 0 Å². The lowest BCUT2D eigenvalue weighted by atomic mass is 10.2. The third kappa shape index (κ3) is 4.15. The number of rotatable bonds is 4. The van der Waals surface area contributed by atoms with Gasteiger partial charge in [0.1, 0.15) is 0 Å². The summed E-state index contributed by atoms with van der Waals surface area (Å²) in [5.74, 6) is 7.62. The number of nitrogens with zero attached hydrogens (tertiary/aromatic N) is 7. The highest BCUT2D eigenvalue weighted by atomic mass is 35.5. The molecule has 0 aliphatic heterocycles. The number of hydrogen-bond donors (Lipinski definition) is 0. The zero-order chi connectivity index (χ0) is 22.6. The Morgan fingerprint density at radius 3 is 2.55 bits per heavy atom. The molecule has 0 N–H and O–H groups in total. The zero-order valence-corrected chi connectivity index (χ0v) is 17.9. The van der Waals surface area contributed by atoms with Gasteiger partial charge in [0.25, 0.3) is 5.89 Å². The van der Waals surface area contributed by atoms with E-state index < -0.39 is 0 Å². The highest BCUT2D eigenvalue weighted by Crippen LogP contribution is 2.27. The van der Waals surface area contributed by atoms with E-state index in [0.29, 0.717) is 39.7 Å². The Hall–Kier alpha value is -4.55. The maximum absolute atomic E-state index is 6.47. The van der Waals surface area contributed by atoms with Gasteiger partial charge < -0.3 is 9.15 Å². The summed E-state index contributed by atoms with van der Waals surface area (Å²) in [6.07, 6.45) is 4.96. The quantitative estimate of drug-likeness (QED) is 0.376. The maximum Gasteiger partial charge on any atom is 0.294 e. The zero-order valence-electron chi connectivity index (χ0n) is 17.2. The molecule has 0 aliphatic rings. The van der Waals surface area contributed by atoms with Gasteiger partial charge in [0.05, 0.1) is 17.8 Å². The second-order valence-corrected chi connectivity index (χ2v) is 7.03. The van der Waals surface area contributed by atoms with Crippen molar-refractivity contribution in [3.8, 4) is 46.3 Å². The fraction of sp³-hybridized carbons (Fsp3) is 0.0435. The molecule has 0 fully saturated rings. The largest absolute Gasteiger partial charge is 0.481 e. The molecule has 5 rings (SSSR count). The van der Waals surface area contributed by atoms with Crippen molar-refractivity contribution in [1.29, 1.82) is 0 Å². The summed E-state index contributed by atoms with van der Waals surface area (Å²) in [6.45, 7) is 0. The second kappa shape index (κ2) is 8.90. The van der Waals surface area contributed by atoms with E-state index in [2.05, 4.69) is 42.2 Å². The summed E-state index contributed by atoms with van der Waals surface area (Å²) < 4.78 is 12.6. The fourth-order valence-electron chi connectivity index (χ4n) is 3.07. The number of ether oxygens (including phenoxy) is 1. The number of benzene rings is 1. The Kier molecular flexibility index (Phi) is 5.49. The highest BCUT2D eigenvalue weighted by Gasteiger charge is 2.17. The molecule has 0 spiro atoms. The lowest BCUT2D eigenvalue weighted by molar-refractivity contribution is 0.398. The smallest absolute Gasteiger partial charge is 0.294 e. The van der Waals surface area contributed by atoms with Crippen LogP contribution in [0.2, 0.25) is 5.02 Å². The number of aromatic nitrogens is 7. The summed E-state index contributed by atoms with van der Waals surface area (Å²) in [4.78, 5) is 8.13. The number of pyridine rings is 2. The van der Waals surface area contributed by atoms with Crippen molar-refractivity contribution in [2.75, 3.05) is 7.11 Å². The number of hydrogen-bond acceptors (Lipinski definition) is 8. The molecule has 0 aliphatic carbocycles. The first kappa shape index (κ1) is 20.4. The topological polar surface area (TPSA) is 105 Å². The molecular weight excluding hydrogens is 442 g/mol. The minimum Gasteiger partial charge on any atom is -0.481 e. The molecule has 5 aromatic rings. The van der Waals surface area contributed by atoms with Gasteiger partial charge in [0, 0.05) is 41.7 Å². The Morgan fingerprint density at radius 2 is 1.73 bits per heavy atom. The Morgan fingerprint density at radius 1 is 0.909 bits per heavy atom. The monoisotopic (exact) mass is 455 g/mol.